The van der Waals surface area contributed by atoms with Crippen LogP contribution in [0.25, 0.3) is 10.9 Å². The normalized spacial score (nSPS) is 22.8. The molecule has 44 heavy (non-hydrogen) atoms. The van der Waals surface area contributed by atoms with Gasteiger partial charge in [0.2, 0.25) is 5.56 Å². The number of pyridine rings is 1. The molecule has 3 fully saturated rings. The Labute approximate surface area is 303 Å². The number of nitrogens with one attached hydrogen (secondary N) is 1. The van der Waals surface area contributed by atoms with Gasteiger partial charge in [-0.1, -0.05) is 70.0 Å². The number of aliphatic hydroxyl groups is 1. The number of hydrogen-bond acceptors (Lipinski definition) is 6. The molecule has 1 aliphatic carbocycles. The Morgan fingerprint density at radius 3 is 2.32 bits per heavy atom. The van der Waals surface area contributed by atoms with Gasteiger partial charge in [-0.2, -0.15) is 6.42 Å². The van der Waals surface area contributed by atoms with Gasteiger partial charge in [-0.3, -0.25) is 14.5 Å². The van der Waals surface area contributed by atoms with Crippen molar-refractivity contribution in [3.8, 4) is 5.75 Å². The number of carbonyl (C=O) groups is 1. The van der Waals surface area contributed by atoms with Crippen LogP contribution in [0.5, 0.6) is 5.75 Å². The summed E-state index contributed by atoms with van der Waals surface area (Å²) in [6.07, 6.45) is 3.73. The maximum absolute atomic E-state index is 12.8. The number of rotatable bonds is 4. The summed E-state index contributed by atoms with van der Waals surface area (Å²) in [6.45, 7) is 19.1. The maximum Gasteiger partial charge on any atom is 0.286 e. The Hall–Kier alpha value is -1.37. The van der Waals surface area contributed by atoms with Crippen molar-refractivity contribution in [1.82, 2.24) is 9.88 Å². The summed E-state index contributed by atoms with van der Waals surface area (Å²) in [5, 5.41) is 20.0. The van der Waals surface area contributed by atoms with Crippen LogP contribution >= 0.6 is 0 Å². The van der Waals surface area contributed by atoms with Crippen molar-refractivity contribution in [3.05, 3.63) is 96.8 Å². The Balaban J connectivity index is 0.000000730. The fraction of sp³-hybridized carbons (Fsp3) is 0.457. The van der Waals surface area contributed by atoms with E-state index in [4.69, 9.17) is 4.74 Å². The molecule has 7 rings (SSSR count). The van der Waals surface area contributed by atoms with Crippen LogP contribution in [0.1, 0.15) is 76.2 Å². The van der Waals surface area contributed by atoms with Gasteiger partial charge in [-0.15, -0.1) is 0 Å². The van der Waals surface area contributed by atoms with Crippen molar-refractivity contribution in [2.75, 3.05) is 19.6 Å². The van der Waals surface area contributed by atoms with E-state index in [1.165, 1.54) is 30.5 Å². The van der Waals surface area contributed by atoms with Gasteiger partial charge >= 0.3 is 0 Å². The van der Waals surface area contributed by atoms with Gasteiger partial charge in [0.15, 0.2) is 0 Å². The molecule has 1 unspecified atom stereocenters. The van der Waals surface area contributed by atoms with Crippen LogP contribution in [0.2, 0.25) is 0 Å². The molecule has 0 amide bonds. The molecule has 9 heteroatoms. The molecule has 1 aromatic heterocycles. The molecule has 3 aromatic rings. The van der Waals surface area contributed by atoms with Crippen molar-refractivity contribution in [2.45, 2.75) is 77.4 Å². The Kier molecular flexibility index (Phi) is 19.4. The predicted molar refractivity (Wildman–Crippen MR) is 171 cm³/mol. The second kappa shape index (κ2) is 20.0. The summed E-state index contributed by atoms with van der Waals surface area (Å²) in [4.78, 5) is 28.9. The molecule has 2 aromatic carbocycles. The third kappa shape index (κ3) is 9.58. The van der Waals surface area contributed by atoms with Gasteiger partial charge in [0.05, 0.1) is 11.6 Å². The fourth-order valence-electron chi connectivity index (χ4n) is 5.90. The van der Waals surface area contributed by atoms with E-state index in [0.29, 0.717) is 28.8 Å². The van der Waals surface area contributed by atoms with Crippen LogP contribution in [0.3, 0.4) is 0 Å². The number of fused-ring (bicyclic) bond motifs is 5. The Morgan fingerprint density at radius 2 is 1.73 bits per heavy atom. The summed E-state index contributed by atoms with van der Waals surface area (Å²) >= 11 is 0. The first-order valence-corrected chi connectivity index (χ1v) is 15.0. The number of nitrogens with zero attached hydrogens (tertiary/aromatic N) is 1. The second-order valence-electron chi connectivity index (χ2n) is 10.4. The zero-order chi connectivity index (χ0) is 30.2. The summed E-state index contributed by atoms with van der Waals surface area (Å²) in [5.74, 6) is 0.429. The monoisotopic (exact) mass is 850 g/mol. The number of piperidine rings is 3. The third-order valence-electron chi connectivity index (χ3n) is 8.14. The van der Waals surface area contributed by atoms with E-state index >= 15 is 0 Å². The summed E-state index contributed by atoms with van der Waals surface area (Å²) in [7, 11) is 0. The number of phenols is 1. The van der Waals surface area contributed by atoms with Crippen molar-refractivity contribution in [3.63, 3.8) is 0 Å². The molecule has 3 atom stereocenters. The first-order valence-electron chi connectivity index (χ1n) is 15.0. The minimum atomic E-state index is -0.700. The van der Waals surface area contributed by atoms with Gasteiger partial charge in [-0.25, -0.2) is 0 Å². The number of hydrogen-bond donors (Lipinski definition) is 3. The van der Waals surface area contributed by atoms with Crippen molar-refractivity contribution in [1.29, 1.82) is 0 Å². The largest absolute Gasteiger partial charge is 0.506 e. The van der Waals surface area contributed by atoms with Crippen molar-refractivity contribution < 1.29 is 73.5 Å². The van der Waals surface area contributed by atoms with Gasteiger partial charge in [-0.05, 0) is 66.9 Å². The van der Waals surface area contributed by atoms with Crippen molar-refractivity contribution in [2.24, 2.45) is 5.92 Å². The molecule has 3 saturated heterocycles. The first-order chi connectivity index (χ1) is 19.8. The molecule has 241 valence electrons. The predicted octanol–water partition coefficient (Wildman–Crippen LogP) is 6.33. The number of ether oxygens (including phenoxy) is 1. The number of benzene rings is 2. The number of aromatic nitrogens is 1. The number of carbonyl (C=O) groups excluding carboxylic acids is 1. The fourth-order valence-corrected chi connectivity index (χ4v) is 5.90. The van der Waals surface area contributed by atoms with E-state index in [1.54, 1.807) is 12.1 Å². The number of esters is 1. The Bertz CT molecular complexity index is 1360. The SMILES string of the molecule is CC.CC.[CH2-]C1(C(=O)O[C@H]2CN3CCC2CC3)CCc2ccccc21.[CH2-]C[C@H](O)c1ccc(O)c2[nH]c(=O)ccc12.[CH3-].[W].[Y]. The molecule has 3 N–H and O–H groups in total. The van der Waals surface area contributed by atoms with E-state index in [0.717, 1.165) is 38.0 Å². The molecule has 0 saturated carbocycles. The van der Waals surface area contributed by atoms with E-state index in [2.05, 4.69) is 29.8 Å². The topological polar surface area (TPSA) is 103 Å². The van der Waals surface area contributed by atoms with Crippen LogP contribution in [0.15, 0.2) is 53.3 Å². The molecule has 7 nitrogen and oxygen atoms in total. The second-order valence-corrected chi connectivity index (χ2v) is 10.4. The van der Waals surface area contributed by atoms with Gasteiger partial charge < -0.3 is 41.2 Å². The number of aryl methyl sites for hydroxylation is 1. The molecule has 4 heterocycles. The average molecular weight is 851 g/mol. The Morgan fingerprint density at radius 1 is 1.09 bits per heavy atom. The van der Waals surface area contributed by atoms with E-state index in [1.807, 2.05) is 45.9 Å². The summed E-state index contributed by atoms with van der Waals surface area (Å²) < 4.78 is 5.93. The molecule has 0 spiro atoms. The average Bonchev–Trinajstić information content (AvgIpc) is 3.38. The molecular weight excluding hydrogens is 801 g/mol. The van der Waals surface area contributed by atoms with Crippen LogP contribution in [-0.4, -0.2) is 51.8 Å². The first kappa shape index (κ1) is 42.6. The summed E-state index contributed by atoms with van der Waals surface area (Å²) in [6, 6.07) is 14.2. The molecular formula is C35H49N2O5WY-3. The zero-order valence-electron chi connectivity index (χ0n) is 27.0. The molecule has 1 radical (unpaired) electrons. The van der Waals surface area contributed by atoms with E-state index < -0.39 is 11.5 Å². The van der Waals surface area contributed by atoms with Gasteiger partial charge in [0.1, 0.15) is 11.9 Å². The minimum Gasteiger partial charge on any atom is -0.506 e. The molecule has 3 aliphatic heterocycles. The quantitative estimate of drug-likeness (QED) is 0.210. The third-order valence-corrected chi connectivity index (χ3v) is 8.14. The van der Waals surface area contributed by atoms with Gasteiger partial charge in [0, 0.05) is 71.8 Å². The number of aromatic hydroxyl groups is 1. The standard InChI is InChI=1S/C18H22NO2.C12H12NO3.2C2H6.CH3.W.Y/c1-18(9-6-13-4-2-3-5-15(13)18)17(20)21-16-12-19-10-7-14(16)8-11-19;1-2-9(14)7-3-5-10(15)12-8(7)4-6-11(16)13-12;2*1-2;;;/h2-5,14,16H,1,6-12H2;3-6,9,14-15H,1-2H2,(H,13,16);2*1-2H3;1H3;;/q2*-1;;;-1;;/t16-,18?;9-;;;;;/m00...../s1. The van der Waals surface area contributed by atoms with Crippen LogP contribution in [0, 0.1) is 27.2 Å². The molecule has 2 bridgehead atoms. The van der Waals surface area contributed by atoms with Crippen LogP contribution in [0.4, 0.5) is 0 Å². The van der Waals surface area contributed by atoms with E-state index in [-0.39, 0.29) is 84.6 Å². The minimum absolute atomic E-state index is 0. The van der Waals surface area contributed by atoms with Gasteiger partial charge in [0.25, 0.3) is 5.97 Å². The number of H-pyrrole nitrogens is 1. The number of aliphatic hydroxyl groups excluding tert-OH is 1. The number of phenolic OH excluding ortho intramolecular Hbond substituents is 1. The van der Waals surface area contributed by atoms with E-state index in [9.17, 15) is 19.8 Å². The summed E-state index contributed by atoms with van der Waals surface area (Å²) in [5.41, 5.74) is 2.33. The zero-order valence-corrected chi connectivity index (χ0v) is 32.7. The van der Waals surface area contributed by atoms with Crippen LogP contribution < -0.4 is 5.56 Å². The number of aromatic amines is 1. The maximum atomic E-state index is 12.8. The molecule has 4 aliphatic rings. The van der Waals surface area contributed by atoms with Crippen molar-refractivity contribution >= 4 is 16.9 Å². The smallest absolute Gasteiger partial charge is 0.286 e. The van der Waals surface area contributed by atoms with Crippen LogP contribution in [-0.2, 0) is 75.1 Å².